The zero-order valence-corrected chi connectivity index (χ0v) is 26.2. The van der Waals surface area contributed by atoms with Crippen LogP contribution in [0.4, 0.5) is 14.4 Å². The molecule has 0 amide bonds. The maximum Gasteiger partial charge on any atom is 0.514 e. The SMILES string of the molecule is CCCC(C)OC(=O)Oc1ccc(C[C@](NC(C)C)(OC(=O)OC(C)C(C)C)C(=O)O)cc1OC(=O)OC(C)CCC. The van der Waals surface area contributed by atoms with Gasteiger partial charge in [-0.2, -0.15) is 0 Å². The van der Waals surface area contributed by atoms with Crippen LogP contribution in [-0.4, -0.2) is 59.6 Å². The molecule has 0 bridgehead atoms. The molecule has 2 N–H and O–H groups in total. The lowest BCUT2D eigenvalue weighted by atomic mass is 10.0. The molecule has 0 radical (unpaired) electrons. The fourth-order valence-electron chi connectivity index (χ4n) is 3.82. The van der Waals surface area contributed by atoms with E-state index in [0.29, 0.717) is 12.8 Å². The van der Waals surface area contributed by atoms with Gasteiger partial charge in [0, 0.05) is 12.5 Å². The highest BCUT2D eigenvalue weighted by atomic mass is 16.8. The first kappa shape index (κ1) is 36.5. The van der Waals surface area contributed by atoms with Gasteiger partial charge < -0.3 is 33.5 Å². The van der Waals surface area contributed by atoms with Crippen LogP contribution in [0, 0.1) is 5.92 Å². The molecule has 0 aliphatic rings. The number of nitrogens with one attached hydrogen (secondary N) is 1. The summed E-state index contributed by atoms with van der Waals surface area (Å²) in [6.07, 6.45) is -2.19. The Labute approximate surface area is 248 Å². The zero-order chi connectivity index (χ0) is 32.0. The van der Waals surface area contributed by atoms with E-state index in [-0.39, 0.29) is 23.0 Å². The van der Waals surface area contributed by atoms with Crippen LogP contribution in [0.5, 0.6) is 11.5 Å². The third-order valence-electron chi connectivity index (χ3n) is 6.18. The van der Waals surface area contributed by atoms with Crippen molar-refractivity contribution >= 4 is 24.4 Å². The van der Waals surface area contributed by atoms with Crippen LogP contribution in [0.25, 0.3) is 0 Å². The van der Waals surface area contributed by atoms with Gasteiger partial charge in [-0.3, -0.25) is 5.32 Å². The first-order valence-corrected chi connectivity index (χ1v) is 14.4. The summed E-state index contributed by atoms with van der Waals surface area (Å²) in [4.78, 5) is 50.1. The Hall–Kier alpha value is -3.54. The average molecular weight is 598 g/mol. The Morgan fingerprint density at radius 3 is 1.76 bits per heavy atom. The van der Waals surface area contributed by atoms with Gasteiger partial charge in [0.2, 0.25) is 0 Å². The molecule has 12 nitrogen and oxygen atoms in total. The normalized spacial score (nSPS) is 14.7. The lowest BCUT2D eigenvalue weighted by molar-refractivity contribution is -0.168. The van der Waals surface area contributed by atoms with E-state index in [0.717, 1.165) is 12.8 Å². The van der Waals surface area contributed by atoms with E-state index in [1.165, 1.54) is 18.2 Å². The smallest absolute Gasteiger partial charge is 0.477 e. The number of carbonyl (C=O) groups is 4. The first-order chi connectivity index (χ1) is 19.6. The van der Waals surface area contributed by atoms with Crippen LogP contribution in [0.15, 0.2) is 18.2 Å². The Morgan fingerprint density at radius 1 is 0.786 bits per heavy atom. The molecule has 0 aromatic heterocycles. The molecular weight excluding hydrogens is 550 g/mol. The van der Waals surface area contributed by atoms with Crippen LogP contribution in [-0.2, 0) is 30.2 Å². The molecule has 1 aromatic carbocycles. The van der Waals surface area contributed by atoms with Crippen LogP contribution in [0.2, 0.25) is 0 Å². The second-order valence-corrected chi connectivity index (χ2v) is 10.9. The van der Waals surface area contributed by atoms with Crippen molar-refractivity contribution in [2.45, 2.75) is 124 Å². The summed E-state index contributed by atoms with van der Waals surface area (Å²) in [5.41, 5.74) is -1.98. The number of hydrogen-bond donors (Lipinski definition) is 2. The Balaban J connectivity index is 3.42. The second-order valence-electron chi connectivity index (χ2n) is 10.9. The minimum absolute atomic E-state index is 0.0291. The van der Waals surface area contributed by atoms with E-state index in [9.17, 15) is 24.3 Å². The van der Waals surface area contributed by atoms with Crippen LogP contribution >= 0.6 is 0 Å². The van der Waals surface area contributed by atoms with E-state index in [2.05, 4.69) is 5.32 Å². The Kier molecular flexibility index (Phi) is 15.1. The lowest BCUT2D eigenvalue weighted by Crippen LogP contribution is -2.59. The van der Waals surface area contributed by atoms with Crippen molar-refractivity contribution < 1.29 is 52.7 Å². The third kappa shape index (κ3) is 12.5. The molecule has 0 heterocycles. The average Bonchev–Trinajstić information content (AvgIpc) is 2.84. The van der Waals surface area contributed by atoms with E-state index >= 15 is 0 Å². The van der Waals surface area contributed by atoms with Crippen molar-refractivity contribution in [3.05, 3.63) is 23.8 Å². The van der Waals surface area contributed by atoms with Crippen molar-refractivity contribution in [2.24, 2.45) is 5.92 Å². The first-order valence-electron chi connectivity index (χ1n) is 14.4. The largest absolute Gasteiger partial charge is 0.514 e. The summed E-state index contributed by atoms with van der Waals surface area (Å²) in [5, 5.41) is 13.0. The van der Waals surface area contributed by atoms with Gasteiger partial charge in [0.15, 0.2) is 11.5 Å². The molecule has 238 valence electrons. The third-order valence-corrected chi connectivity index (χ3v) is 6.18. The predicted molar refractivity (Wildman–Crippen MR) is 154 cm³/mol. The minimum atomic E-state index is -2.24. The fraction of sp³-hybridized carbons (Fsp3) is 0.667. The molecule has 0 saturated carbocycles. The van der Waals surface area contributed by atoms with Crippen molar-refractivity contribution in [1.82, 2.24) is 5.32 Å². The monoisotopic (exact) mass is 597 g/mol. The highest BCUT2D eigenvalue weighted by molar-refractivity contribution is 5.80. The number of benzene rings is 1. The topological polar surface area (TPSA) is 156 Å². The number of carboxylic acid groups (broad SMARTS) is 1. The highest BCUT2D eigenvalue weighted by Gasteiger charge is 2.45. The molecule has 0 aliphatic carbocycles. The van der Waals surface area contributed by atoms with Crippen molar-refractivity contribution in [3.63, 3.8) is 0 Å². The number of carboxylic acids is 1. The van der Waals surface area contributed by atoms with Gasteiger partial charge in [-0.15, -0.1) is 0 Å². The fourth-order valence-corrected chi connectivity index (χ4v) is 3.82. The summed E-state index contributed by atoms with van der Waals surface area (Å²) >= 11 is 0. The van der Waals surface area contributed by atoms with Gasteiger partial charge >= 0.3 is 24.4 Å². The minimum Gasteiger partial charge on any atom is -0.477 e. The molecule has 42 heavy (non-hydrogen) atoms. The van der Waals surface area contributed by atoms with Gasteiger partial charge in [-0.25, -0.2) is 19.2 Å². The van der Waals surface area contributed by atoms with Crippen molar-refractivity contribution in [3.8, 4) is 11.5 Å². The molecular formula is C30H47NO11. The van der Waals surface area contributed by atoms with Gasteiger partial charge in [0.25, 0.3) is 5.72 Å². The zero-order valence-electron chi connectivity index (χ0n) is 26.2. The molecule has 4 atom stereocenters. The van der Waals surface area contributed by atoms with Crippen LogP contribution < -0.4 is 14.8 Å². The molecule has 12 heteroatoms. The molecule has 1 aromatic rings. The number of aliphatic carboxylic acids is 1. The quantitative estimate of drug-likeness (QED) is 0.0910. The molecule has 0 fully saturated rings. The van der Waals surface area contributed by atoms with E-state index in [1.807, 2.05) is 27.7 Å². The van der Waals surface area contributed by atoms with Gasteiger partial charge in [0.05, 0.1) is 0 Å². The maximum absolute atomic E-state index is 12.6. The number of ether oxygens (including phenoxy) is 6. The number of rotatable bonds is 16. The molecule has 3 unspecified atom stereocenters. The summed E-state index contributed by atoms with van der Waals surface area (Å²) in [7, 11) is 0. The van der Waals surface area contributed by atoms with E-state index in [4.69, 9.17) is 28.4 Å². The van der Waals surface area contributed by atoms with Gasteiger partial charge in [0.1, 0.15) is 18.3 Å². The predicted octanol–water partition coefficient (Wildman–Crippen LogP) is 6.61. The van der Waals surface area contributed by atoms with Gasteiger partial charge in [-0.05, 0) is 71.1 Å². The molecule has 1 rings (SSSR count). The van der Waals surface area contributed by atoms with Gasteiger partial charge in [-0.1, -0.05) is 46.6 Å². The van der Waals surface area contributed by atoms with Crippen LogP contribution in [0.1, 0.15) is 93.6 Å². The summed E-state index contributed by atoms with van der Waals surface area (Å²) in [6.45, 7) is 16.0. The highest BCUT2D eigenvalue weighted by Crippen LogP contribution is 2.32. The van der Waals surface area contributed by atoms with E-state index in [1.54, 1.807) is 34.6 Å². The second kappa shape index (κ2) is 17.4. The van der Waals surface area contributed by atoms with E-state index < -0.39 is 60.9 Å². The summed E-state index contributed by atoms with van der Waals surface area (Å²) in [6, 6.07) is 3.64. The van der Waals surface area contributed by atoms with Crippen molar-refractivity contribution in [2.75, 3.05) is 0 Å². The van der Waals surface area contributed by atoms with Crippen molar-refractivity contribution in [1.29, 1.82) is 0 Å². The maximum atomic E-state index is 12.6. The lowest BCUT2D eigenvalue weighted by Gasteiger charge is -2.32. The number of carbonyl (C=O) groups excluding carboxylic acids is 3. The standard InChI is InChI=1S/C30H47NO11/c1-10-12-20(7)37-27(34)40-24-15-14-23(16-25(24)41-28(35)38-21(8)13-11-2)17-30(26(32)33,31-19(5)6)42-29(36)39-22(9)18(3)4/h14-16,18-22,31H,10-13,17H2,1-9H3,(H,32,33)/t20?,21?,22?,30-/m0/s1. The summed E-state index contributed by atoms with van der Waals surface area (Å²) in [5.74, 6) is -1.88. The molecule has 0 saturated heterocycles. The number of hydrogen-bond acceptors (Lipinski definition) is 11. The van der Waals surface area contributed by atoms with Crippen LogP contribution in [0.3, 0.4) is 0 Å². The molecule has 0 spiro atoms. The Morgan fingerprint density at radius 2 is 1.31 bits per heavy atom. The molecule has 0 aliphatic heterocycles. The summed E-state index contributed by atoms with van der Waals surface area (Å²) < 4.78 is 31.8. The Bertz CT molecular complexity index is 1040.